The number of carbonyl (C=O) groups is 3. The number of ketones is 2. The highest BCUT2D eigenvalue weighted by Crippen LogP contribution is 2.61. The minimum atomic E-state index is -1.34. The van der Waals surface area contributed by atoms with Crippen molar-refractivity contribution in [3.8, 4) is 28.7 Å². The summed E-state index contributed by atoms with van der Waals surface area (Å²) in [5.41, 5.74) is 0.715. The third-order valence-corrected chi connectivity index (χ3v) is 9.33. The van der Waals surface area contributed by atoms with Gasteiger partial charge in [0.05, 0.1) is 76.8 Å². The van der Waals surface area contributed by atoms with E-state index in [9.17, 15) is 24.6 Å². The molecule has 1 spiro atoms. The minimum absolute atomic E-state index is 0.0317. The summed E-state index contributed by atoms with van der Waals surface area (Å²) in [6.45, 7) is 1.85. The van der Waals surface area contributed by atoms with E-state index in [4.69, 9.17) is 28.4 Å². The molecular formula is C36H34O11. The van der Waals surface area contributed by atoms with Gasteiger partial charge in [-0.1, -0.05) is 18.2 Å². The van der Waals surface area contributed by atoms with Crippen molar-refractivity contribution in [3.63, 3.8) is 0 Å². The minimum Gasteiger partial charge on any atom is -0.507 e. The number of aryl methyl sites for hydroxylation is 1. The second-order valence-electron chi connectivity index (χ2n) is 11.6. The van der Waals surface area contributed by atoms with Crippen LogP contribution in [0, 0.1) is 12.3 Å². The Hall–Kier alpha value is -5.29. The van der Waals surface area contributed by atoms with Crippen LogP contribution in [0.2, 0.25) is 0 Å². The maximum atomic E-state index is 14.6. The maximum Gasteiger partial charge on any atom is 0.342 e. The summed E-state index contributed by atoms with van der Waals surface area (Å²) in [7, 11) is 8.09. The lowest BCUT2D eigenvalue weighted by molar-refractivity contribution is -0.118. The number of ether oxygens (including phenoxy) is 6. The Labute approximate surface area is 270 Å². The van der Waals surface area contributed by atoms with Crippen LogP contribution < -0.4 is 23.7 Å². The fourth-order valence-corrected chi connectivity index (χ4v) is 7.32. The molecule has 3 atom stereocenters. The van der Waals surface area contributed by atoms with E-state index in [1.54, 1.807) is 30.4 Å². The molecule has 4 aliphatic carbocycles. The highest BCUT2D eigenvalue weighted by molar-refractivity contribution is 6.20. The lowest BCUT2D eigenvalue weighted by Crippen LogP contribution is -2.40. The summed E-state index contributed by atoms with van der Waals surface area (Å²) in [4.78, 5) is 42.2. The molecule has 0 saturated heterocycles. The predicted molar refractivity (Wildman–Crippen MR) is 169 cm³/mol. The number of esters is 1. The number of benzene rings is 3. The number of fused-ring (bicyclic) bond motifs is 1. The summed E-state index contributed by atoms with van der Waals surface area (Å²) in [5, 5.41) is 23.8. The first-order valence-corrected chi connectivity index (χ1v) is 14.7. The second kappa shape index (κ2) is 11.5. The average Bonchev–Trinajstić information content (AvgIpc) is 3.31. The van der Waals surface area contributed by atoms with Gasteiger partial charge in [0.25, 0.3) is 0 Å². The third kappa shape index (κ3) is 4.33. The van der Waals surface area contributed by atoms with Gasteiger partial charge in [-0.2, -0.15) is 0 Å². The summed E-state index contributed by atoms with van der Waals surface area (Å²) in [6.07, 6.45) is 2.25. The quantitative estimate of drug-likeness (QED) is 0.198. The number of hydrogen-bond donors (Lipinski definition) is 2. The molecule has 47 heavy (non-hydrogen) atoms. The van der Waals surface area contributed by atoms with Crippen molar-refractivity contribution in [2.24, 2.45) is 5.41 Å². The molecule has 3 aromatic carbocycles. The van der Waals surface area contributed by atoms with E-state index in [1.165, 1.54) is 54.8 Å². The van der Waals surface area contributed by atoms with Crippen molar-refractivity contribution in [1.82, 2.24) is 0 Å². The van der Waals surface area contributed by atoms with Crippen LogP contribution in [-0.4, -0.2) is 70.4 Å². The standard InChI is InChI=1S/C36H34O11/c1-16-12-19-25(22(13-16)44-4)32(39)29-30(37)18-10-11-36(29,34(19)40)15-17-14-23(45-5)28(33(46-6)24(17)18)31(38)26-20(42-2)8-9-21(43-3)27(26)35(41)47-7/h8-14,18,34,39-40H,15H2,1-7H3/t18-,34+,36-/m0/s1. The molecule has 2 bridgehead atoms. The van der Waals surface area contributed by atoms with Crippen LogP contribution in [-0.2, 0) is 16.0 Å². The van der Waals surface area contributed by atoms with Crippen LogP contribution in [0.3, 0.4) is 0 Å². The highest BCUT2D eigenvalue weighted by Gasteiger charge is 2.56. The van der Waals surface area contributed by atoms with Gasteiger partial charge in [-0.15, -0.1) is 0 Å². The SMILES string of the molecule is COC(=O)c1c(OC)ccc(OC)c1C(=O)c1c(OC)cc2c(c1OC)[C@@H]1C=C[C@]3(C2)C(=C(O)c2c(OC)cc(C)cc2[C@H]3O)C1=O. The molecule has 0 amide bonds. The Morgan fingerprint density at radius 1 is 0.830 bits per heavy atom. The monoisotopic (exact) mass is 642 g/mol. The molecule has 0 aliphatic heterocycles. The van der Waals surface area contributed by atoms with Crippen LogP contribution >= 0.6 is 0 Å². The average molecular weight is 643 g/mol. The molecule has 0 unspecified atom stereocenters. The van der Waals surface area contributed by atoms with Crippen molar-refractivity contribution in [1.29, 1.82) is 0 Å². The van der Waals surface area contributed by atoms with Gasteiger partial charge < -0.3 is 38.6 Å². The molecule has 4 aliphatic rings. The zero-order valence-corrected chi connectivity index (χ0v) is 27.0. The van der Waals surface area contributed by atoms with E-state index in [0.29, 0.717) is 22.4 Å². The number of methoxy groups -OCH3 is 6. The maximum absolute atomic E-state index is 14.6. The summed E-state index contributed by atoms with van der Waals surface area (Å²) in [5.74, 6) is -2.69. The van der Waals surface area contributed by atoms with E-state index in [-0.39, 0.29) is 63.0 Å². The number of aliphatic hydroxyl groups excluding tert-OH is 2. The van der Waals surface area contributed by atoms with E-state index in [2.05, 4.69) is 0 Å². The lowest BCUT2D eigenvalue weighted by Gasteiger charge is -2.43. The Morgan fingerprint density at radius 3 is 2.06 bits per heavy atom. The molecule has 0 heterocycles. The van der Waals surface area contributed by atoms with Gasteiger partial charge in [-0.25, -0.2) is 4.79 Å². The number of rotatable bonds is 8. The van der Waals surface area contributed by atoms with Crippen molar-refractivity contribution in [2.75, 3.05) is 42.7 Å². The fraction of sp³-hybridized carbons (Fsp3) is 0.306. The summed E-state index contributed by atoms with van der Waals surface area (Å²) in [6, 6.07) is 8.10. The van der Waals surface area contributed by atoms with E-state index in [0.717, 1.165) is 5.56 Å². The molecule has 0 radical (unpaired) electrons. The van der Waals surface area contributed by atoms with Gasteiger partial charge in [-0.3, -0.25) is 9.59 Å². The third-order valence-electron chi connectivity index (χ3n) is 9.33. The fourth-order valence-electron chi connectivity index (χ4n) is 7.32. The van der Waals surface area contributed by atoms with E-state index >= 15 is 0 Å². The predicted octanol–water partition coefficient (Wildman–Crippen LogP) is 4.84. The zero-order chi connectivity index (χ0) is 33.9. The Balaban J connectivity index is 1.64. The van der Waals surface area contributed by atoms with Crippen LogP contribution in [0.15, 0.2) is 48.1 Å². The van der Waals surface area contributed by atoms with Crippen LogP contribution in [0.1, 0.15) is 66.1 Å². The molecule has 0 saturated carbocycles. The first kappa shape index (κ1) is 31.7. The number of hydrogen-bond acceptors (Lipinski definition) is 11. The number of allylic oxidation sites excluding steroid dienone is 1. The van der Waals surface area contributed by atoms with E-state index in [1.807, 2.05) is 6.92 Å². The van der Waals surface area contributed by atoms with Crippen molar-refractivity contribution in [3.05, 3.63) is 92.6 Å². The van der Waals surface area contributed by atoms with Gasteiger partial charge in [-0.05, 0) is 54.3 Å². The normalized spacial score (nSPS) is 20.5. The highest BCUT2D eigenvalue weighted by atomic mass is 16.5. The van der Waals surface area contributed by atoms with Gasteiger partial charge in [0.1, 0.15) is 45.6 Å². The van der Waals surface area contributed by atoms with Gasteiger partial charge in [0, 0.05) is 5.56 Å². The first-order chi connectivity index (χ1) is 22.5. The molecule has 2 N–H and O–H groups in total. The first-order valence-electron chi connectivity index (χ1n) is 14.7. The summed E-state index contributed by atoms with van der Waals surface area (Å²) < 4.78 is 33.2. The lowest BCUT2D eigenvalue weighted by atomic mass is 9.61. The van der Waals surface area contributed by atoms with Gasteiger partial charge in [0.15, 0.2) is 5.78 Å². The summed E-state index contributed by atoms with van der Waals surface area (Å²) >= 11 is 0. The molecule has 0 aromatic heterocycles. The Kier molecular flexibility index (Phi) is 7.75. The zero-order valence-electron chi connectivity index (χ0n) is 27.0. The molecule has 11 heteroatoms. The number of carbonyl (C=O) groups excluding carboxylic acids is 3. The Bertz CT molecular complexity index is 1940. The second-order valence-corrected chi connectivity index (χ2v) is 11.6. The smallest absolute Gasteiger partial charge is 0.342 e. The van der Waals surface area contributed by atoms with Gasteiger partial charge in [0.2, 0.25) is 5.78 Å². The van der Waals surface area contributed by atoms with Crippen molar-refractivity contribution >= 4 is 23.3 Å². The molecule has 0 fully saturated rings. The van der Waals surface area contributed by atoms with Crippen LogP contribution in [0.25, 0.3) is 5.76 Å². The largest absolute Gasteiger partial charge is 0.507 e. The van der Waals surface area contributed by atoms with Crippen LogP contribution in [0.5, 0.6) is 28.7 Å². The molecule has 244 valence electrons. The van der Waals surface area contributed by atoms with Gasteiger partial charge >= 0.3 is 5.97 Å². The number of aliphatic hydroxyl groups is 2. The molecular weight excluding hydrogens is 608 g/mol. The van der Waals surface area contributed by atoms with Crippen LogP contribution in [0.4, 0.5) is 0 Å². The van der Waals surface area contributed by atoms with Crippen molar-refractivity contribution < 1.29 is 53.0 Å². The molecule has 7 rings (SSSR count). The van der Waals surface area contributed by atoms with Crippen molar-refractivity contribution in [2.45, 2.75) is 25.4 Å². The van der Waals surface area contributed by atoms with E-state index < -0.39 is 35.0 Å². The topological polar surface area (TPSA) is 147 Å². The molecule has 11 nitrogen and oxygen atoms in total. The molecule has 3 aromatic rings. The Morgan fingerprint density at radius 2 is 1.47 bits per heavy atom. The number of Topliss-reactive ketones (excluding diaryl/α,β-unsaturated/α-hetero) is 1.